The zero-order chi connectivity index (χ0) is 11.4. The summed E-state index contributed by atoms with van der Waals surface area (Å²) in [6.45, 7) is 2.19. The minimum Gasteiger partial charge on any atom is -0.346 e. The zero-order valence-electron chi connectivity index (χ0n) is 8.77. The fourth-order valence-corrected chi connectivity index (χ4v) is 1.25. The van der Waals surface area contributed by atoms with Gasteiger partial charge in [0.1, 0.15) is 5.82 Å². The van der Waals surface area contributed by atoms with Crippen LogP contribution in [0.5, 0.6) is 0 Å². The van der Waals surface area contributed by atoms with Crippen molar-refractivity contribution in [2.45, 2.75) is 13.5 Å². The quantitative estimate of drug-likeness (QED) is 0.781. The van der Waals surface area contributed by atoms with Crippen LogP contribution >= 0.6 is 0 Å². The lowest BCUT2D eigenvalue weighted by atomic mass is 10.3. The lowest BCUT2D eigenvalue weighted by Gasteiger charge is -2.03. The number of hydrogen-bond donors (Lipinski definition) is 2. The first-order valence-corrected chi connectivity index (χ1v) is 4.81. The van der Waals surface area contributed by atoms with Crippen LogP contribution in [-0.4, -0.2) is 26.1 Å². The van der Waals surface area contributed by atoms with Gasteiger partial charge in [-0.05, 0) is 13.0 Å². The van der Waals surface area contributed by atoms with Crippen LogP contribution < -0.4 is 5.32 Å². The smallest absolute Gasteiger partial charge is 0.254 e. The molecule has 0 saturated heterocycles. The Labute approximate surface area is 92.1 Å². The normalized spacial score (nSPS) is 10.1. The summed E-state index contributed by atoms with van der Waals surface area (Å²) in [5.74, 6) is 0.514. The van der Waals surface area contributed by atoms with Gasteiger partial charge in [0, 0.05) is 12.4 Å². The molecular weight excluding hydrogens is 206 g/mol. The van der Waals surface area contributed by atoms with Crippen molar-refractivity contribution >= 4 is 5.91 Å². The molecule has 0 spiro atoms. The highest BCUT2D eigenvalue weighted by molar-refractivity contribution is 5.93. The van der Waals surface area contributed by atoms with Crippen LogP contribution in [0.25, 0.3) is 0 Å². The van der Waals surface area contributed by atoms with Gasteiger partial charge in [0.05, 0.1) is 24.0 Å². The molecule has 0 fully saturated rings. The standard InChI is InChI=1S/C10H11N5O/c1-7-11-3-2-9(15-7)6-12-10(16)8-4-13-14-5-8/h2-5H,6H2,1H3,(H,12,16)(H,13,14). The van der Waals surface area contributed by atoms with Crippen molar-refractivity contribution in [2.75, 3.05) is 0 Å². The van der Waals surface area contributed by atoms with Gasteiger partial charge < -0.3 is 5.32 Å². The molecule has 0 aromatic carbocycles. The number of aromatic nitrogens is 4. The lowest BCUT2D eigenvalue weighted by molar-refractivity contribution is 0.0950. The Bertz CT molecular complexity index is 480. The number of nitrogens with one attached hydrogen (secondary N) is 2. The average molecular weight is 217 g/mol. The van der Waals surface area contributed by atoms with E-state index in [0.29, 0.717) is 17.9 Å². The highest BCUT2D eigenvalue weighted by atomic mass is 16.1. The maximum Gasteiger partial charge on any atom is 0.254 e. The molecule has 0 atom stereocenters. The second kappa shape index (κ2) is 4.52. The number of rotatable bonds is 3. The molecule has 0 radical (unpaired) electrons. The van der Waals surface area contributed by atoms with Gasteiger partial charge in [-0.25, -0.2) is 9.97 Å². The number of amides is 1. The van der Waals surface area contributed by atoms with Gasteiger partial charge in [-0.1, -0.05) is 0 Å². The SMILES string of the molecule is Cc1nccc(CNC(=O)c2cn[nH]c2)n1. The van der Waals surface area contributed by atoms with Crippen molar-refractivity contribution in [3.8, 4) is 0 Å². The fourth-order valence-electron chi connectivity index (χ4n) is 1.25. The first-order chi connectivity index (χ1) is 7.75. The van der Waals surface area contributed by atoms with E-state index >= 15 is 0 Å². The van der Waals surface area contributed by atoms with Crippen LogP contribution in [0.2, 0.25) is 0 Å². The molecule has 0 aliphatic rings. The van der Waals surface area contributed by atoms with E-state index in [1.54, 1.807) is 25.4 Å². The first-order valence-electron chi connectivity index (χ1n) is 4.81. The number of H-pyrrole nitrogens is 1. The summed E-state index contributed by atoms with van der Waals surface area (Å²) in [7, 11) is 0. The van der Waals surface area contributed by atoms with E-state index in [1.165, 1.54) is 6.20 Å². The molecule has 2 aromatic rings. The van der Waals surface area contributed by atoms with Crippen LogP contribution in [0.4, 0.5) is 0 Å². The highest BCUT2D eigenvalue weighted by Gasteiger charge is 2.06. The molecule has 0 aliphatic heterocycles. The van der Waals surface area contributed by atoms with Gasteiger partial charge in [-0.3, -0.25) is 9.89 Å². The second-order valence-electron chi connectivity index (χ2n) is 3.26. The van der Waals surface area contributed by atoms with Crippen molar-refractivity contribution in [3.63, 3.8) is 0 Å². The van der Waals surface area contributed by atoms with E-state index in [2.05, 4.69) is 25.5 Å². The molecule has 2 N–H and O–H groups in total. The van der Waals surface area contributed by atoms with Gasteiger partial charge in [0.15, 0.2) is 0 Å². The molecule has 6 heteroatoms. The molecule has 1 amide bonds. The summed E-state index contributed by atoms with van der Waals surface area (Å²) in [6.07, 6.45) is 4.68. The predicted octanol–water partition coefficient (Wildman–Crippen LogP) is 0.438. The predicted molar refractivity (Wildman–Crippen MR) is 56.5 cm³/mol. The zero-order valence-corrected chi connectivity index (χ0v) is 8.77. The average Bonchev–Trinajstić information content (AvgIpc) is 2.79. The minimum atomic E-state index is -0.176. The number of hydrogen-bond acceptors (Lipinski definition) is 4. The van der Waals surface area contributed by atoms with E-state index in [9.17, 15) is 4.79 Å². The number of carbonyl (C=O) groups is 1. The Morgan fingerprint density at radius 1 is 1.56 bits per heavy atom. The summed E-state index contributed by atoms with van der Waals surface area (Å²) >= 11 is 0. The Morgan fingerprint density at radius 3 is 3.12 bits per heavy atom. The second-order valence-corrected chi connectivity index (χ2v) is 3.26. The van der Waals surface area contributed by atoms with Gasteiger partial charge >= 0.3 is 0 Å². The Balaban J connectivity index is 1.95. The molecular formula is C10H11N5O. The summed E-state index contributed by atoms with van der Waals surface area (Å²) in [4.78, 5) is 19.7. The molecule has 6 nitrogen and oxygen atoms in total. The molecule has 82 valence electrons. The Hall–Kier alpha value is -2.24. The van der Waals surface area contributed by atoms with E-state index in [4.69, 9.17) is 0 Å². The van der Waals surface area contributed by atoms with E-state index < -0.39 is 0 Å². The third-order valence-electron chi connectivity index (χ3n) is 2.02. The monoisotopic (exact) mass is 217 g/mol. The lowest BCUT2D eigenvalue weighted by Crippen LogP contribution is -2.23. The van der Waals surface area contributed by atoms with Gasteiger partial charge in [-0.2, -0.15) is 5.10 Å². The molecule has 2 aromatic heterocycles. The third kappa shape index (κ3) is 2.41. The molecule has 16 heavy (non-hydrogen) atoms. The number of aromatic amines is 1. The van der Waals surface area contributed by atoms with E-state index in [-0.39, 0.29) is 5.91 Å². The summed E-state index contributed by atoms with van der Waals surface area (Å²) < 4.78 is 0. The Morgan fingerprint density at radius 2 is 2.44 bits per heavy atom. The van der Waals surface area contributed by atoms with Crippen LogP contribution in [0.15, 0.2) is 24.7 Å². The van der Waals surface area contributed by atoms with Crippen LogP contribution in [0, 0.1) is 6.92 Å². The van der Waals surface area contributed by atoms with Crippen molar-refractivity contribution in [2.24, 2.45) is 0 Å². The van der Waals surface area contributed by atoms with Crippen molar-refractivity contribution < 1.29 is 4.79 Å². The van der Waals surface area contributed by atoms with E-state index in [1.807, 2.05) is 0 Å². The van der Waals surface area contributed by atoms with Crippen LogP contribution in [0.3, 0.4) is 0 Å². The topological polar surface area (TPSA) is 83.6 Å². The summed E-state index contributed by atoms with van der Waals surface area (Å²) in [6, 6.07) is 1.77. The van der Waals surface area contributed by atoms with Crippen molar-refractivity contribution in [1.29, 1.82) is 0 Å². The van der Waals surface area contributed by atoms with Crippen molar-refractivity contribution in [1.82, 2.24) is 25.5 Å². The molecule has 2 heterocycles. The van der Waals surface area contributed by atoms with Gasteiger partial charge in [-0.15, -0.1) is 0 Å². The third-order valence-corrected chi connectivity index (χ3v) is 2.02. The van der Waals surface area contributed by atoms with Crippen LogP contribution in [-0.2, 0) is 6.54 Å². The molecule has 0 saturated carbocycles. The largest absolute Gasteiger partial charge is 0.346 e. The highest BCUT2D eigenvalue weighted by Crippen LogP contribution is 1.97. The number of carbonyl (C=O) groups excluding carboxylic acids is 1. The summed E-state index contributed by atoms with van der Waals surface area (Å²) in [5, 5.41) is 9.02. The molecule has 0 aliphatic carbocycles. The maximum atomic E-state index is 11.5. The number of nitrogens with zero attached hydrogens (tertiary/aromatic N) is 3. The number of aryl methyl sites for hydroxylation is 1. The Kier molecular flexibility index (Phi) is 2.90. The van der Waals surface area contributed by atoms with E-state index in [0.717, 1.165) is 5.69 Å². The first kappa shape index (κ1) is 10.3. The maximum absolute atomic E-state index is 11.5. The molecule has 2 rings (SSSR count). The van der Waals surface area contributed by atoms with Crippen molar-refractivity contribution in [3.05, 3.63) is 41.7 Å². The summed E-state index contributed by atoms with van der Waals surface area (Å²) in [5.41, 5.74) is 1.29. The minimum absolute atomic E-state index is 0.176. The molecule has 0 bridgehead atoms. The molecule has 0 unspecified atom stereocenters. The van der Waals surface area contributed by atoms with Crippen LogP contribution in [0.1, 0.15) is 21.9 Å². The van der Waals surface area contributed by atoms with Gasteiger partial charge in [0.25, 0.3) is 5.91 Å². The van der Waals surface area contributed by atoms with Gasteiger partial charge in [0.2, 0.25) is 0 Å². The fraction of sp³-hybridized carbons (Fsp3) is 0.200.